The highest BCUT2D eigenvalue weighted by Gasteiger charge is 2.63. The zero-order valence-electron chi connectivity index (χ0n) is 14.6. The number of hydrogen-bond donors (Lipinski definition) is 0. The van der Waals surface area contributed by atoms with Crippen LogP contribution in [-0.4, -0.2) is 52.1 Å². The van der Waals surface area contributed by atoms with Gasteiger partial charge in [0.25, 0.3) is 0 Å². The summed E-state index contributed by atoms with van der Waals surface area (Å²) in [5, 5.41) is -0.336. The van der Waals surface area contributed by atoms with Crippen LogP contribution in [-0.2, 0) is 23.9 Å². The Morgan fingerprint density at radius 1 is 1.23 bits per heavy atom. The summed E-state index contributed by atoms with van der Waals surface area (Å²) < 4.78 is 11.0. The number of fused-ring (bicyclic) bond motifs is 6. The number of thioether (sulfide) groups is 1. The van der Waals surface area contributed by atoms with Crippen LogP contribution in [0.15, 0.2) is 23.3 Å². The normalized spacial score (nSPS) is 40.4. The number of likely N-dealkylation sites (tertiary alicyclic amines) is 1. The molecule has 0 aromatic heterocycles. The van der Waals surface area contributed by atoms with Gasteiger partial charge in [0.1, 0.15) is 5.37 Å². The first-order valence-electron chi connectivity index (χ1n) is 9.38. The minimum Gasteiger partial charge on any atom is -0.463 e. The third-order valence-electron chi connectivity index (χ3n) is 6.11. The van der Waals surface area contributed by atoms with Gasteiger partial charge >= 0.3 is 5.97 Å². The summed E-state index contributed by atoms with van der Waals surface area (Å²) in [6.07, 6.45) is 7.13. The first-order chi connectivity index (χ1) is 12.6. The second-order valence-electron chi connectivity index (χ2n) is 7.43. The Hall–Kier alpha value is -1.60. The van der Waals surface area contributed by atoms with E-state index in [1.54, 1.807) is 18.7 Å². The molecule has 0 spiro atoms. The predicted octanol–water partition coefficient (Wildman–Crippen LogP) is 1.80. The largest absolute Gasteiger partial charge is 0.463 e. The van der Waals surface area contributed by atoms with Gasteiger partial charge in [-0.25, -0.2) is 4.79 Å². The number of hydrogen-bond acceptors (Lipinski definition) is 6. The number of rotatable bonds is 3. The SMILES string of the molecule is CCOC(=O)C1=C2CCCCC2SC1N1C(=O)C2C3C=CC(O3)C2C1=O. The van der Waals surface area contributed by atoms with Crippen LogP contribution < -0.4 is 0 Å². The number of imide groups is 1. The summed E-state index contributed by atoms with van der Waals surface area (Å²) in [6.45, 7) is 2.06. The molecule has 3 fully saturated rings. The molecule has 0 aromatic rings. The van der Waals surface area contributed by atoms with E-state index in [2.05, 4.69) is 0 Å². The lowest BCUT2D eigenvalue weighted by molar-refractivity contribution is -0.143. The minimum absolute atomic E-state index is 0.199. The van der Waals surface area contributed by atoms with Crippen molar-refractivity contribution in [2.24, 2.45) is 11.8 Å². The van der Waals surface area contributed by atoms with Gasteiger partial charge in [0, 0.05) is 5.25 Å². The summed E-state index contributed by atoms with van der Waals surface area (Å²) in [7, 11) is 0. The van der Waals surface area contributed by atoms with E-state index in [1.165, 1.54) is 4.90 Å². The van der Waals surface area contributed by atoms with E-state index in [-0.39, 0.29) is 41.8 Å². The molecule has 5 aliphatic rings. The summed E-state index contributed by atoms with van der Waals surface area (Å²) in [4.78, 5) is 40.3. The lowest BCUT2D eigenvalue weighted by Gasteiger charge is -2.26. The van der Waals surface area contributed by atoms with Crippen molar-refractivity contribution in [1.29, 1.82) is 0 Å². The fourth-order valence-electron chi connectivity index (χ4n) is 5.01. The van der Waals surface area contributed by atoms with Crippen LogP contribution in [0.2, 0.25) is 0 Å². The topological polar surface area (TPSA) is 72.9 Å². The summed E-state index contributed by atoms with van der Waals surface area (Å²) in [5.41, 5.74) is 1.63. The van der Waals surface area contributed by atoms with Crippen molar-refractivity contribution in [3.63, 3.8) is 0 Å². The Labute approximate surface area is 155 Å². The van der Waals surface area contributed by atoms with Crippen LogP contribution in [0.3, 0.4) is 0 Å². The van der Waals surface area contributed by atoms with Crippen LogP contribution in [0.4, 0.5) is 0 Å². The number of ether oxygens (including phenoxy) is 2. The molecule has 138 valence electrons. The number of esters is 1. The van der Waals surface area contributed by atoms with Gasteiger partial charge in [0.2, 0.25) is 11.8 Å². The highest BCUT2D eigenvalue weighted by Crippen LogP contribution is 2.52. The van der Waals surface area contributed by atoms with Crippen molar-refractivity contribution in [2.45, 2.75) is 55.4 Å². The molecule has 0 radical (unpaired) electrons. The monoisotopic (exact) mass is 375 g/mol. The molecule has 6 nitrogen and oxygen atoms in total. The Morgan fingerprint density at radius 3 is 2.58 bits per heavy atom. The molecular formula is C19H21NO5S. The molecule has 6 unspecified atom stereocenters. The maximum atomic E-state index is 13.1. The van der Waals surface area contributed by atoms with Gasteiger partial charge in [-0.1, -0.05) is 18.6 Å². The van der Waals surface area contributed by atoms with E-state index in [9.17, 15) is 14.4 Å². The molecule has 7 heteroatoms. The van der Waals surface area contributed by atoms with Crippen molar-refractivity contribution in [3.05, 3.63) is 23.3 Å². The van der Waals surface area contributed by atoms with Gasteiger partial charge in [-0.15, -0.1) is 11.8 Å². The van der Waals surface area contributed by atoms with Crippen LogP contribution >= 0.6 is 11.8 Å². The molecule has 1 aliphatic carbocycles. The molecule has 4 aliphatic heterocycles. The smallest absolute Gasteiger partial charge is 0.337 e. The molecule has 0 N–H and O–H groups in total. The van der Waals surface area contributed by atoms with E-state index in [4.69, 9.17) is 9.47 Å². The van der Waals surface area contributed by atoms with E-state index in [0.29, 0.717) is 5.57 Å². The number of carbonyl (C=O) groups is 3. The second-order valence-corrected chi connectivity index (χ2v) is 8.72. The molecule has 4 heterocycles. The maximum absolute atomic E-state index is 13.1. The van der Waals surface area contributed by atoms with Gasteiger partial charge in [-0.05, 0) is 31.8 Å². The van der Waals surface area contributed by atoms with Crippen LogP contribution in [0.5, 0.6) is 0 Å². The van der Waals surface area contributed by atoms with Gasteiger partial charge in [0.05, 0.1) is 36.2 Å². The van der Waals surface area contributed by atoms with Crippen LogP contribution in [0.1, 0.15) is 32.6 Å². The zero-order chi connectivity index (χ0) is 18.0. The number of carbonyl (C=O) groups excluding carboxylic acids is 3. The molecule has 2 bridgehead atoms. The van der Waals surface area contributed by atoms with Crippen molar-refractivity contribution >= 4 is 29.5 Å². The summed E-state index contributed by atoms with van der Waals surface area (Å²) >= 11 is 1.57. The molecule has 2 amide bonds. The maximum Gasteiger partial charge on any atom is 0.337 e. The first kappa shape index (κ1) is 16.6. The van der Waals surface area contributed by atoms with Crippen molar-refractivity contribution in [2.75, 3.05) is 6.61 Å². The molecule has 1 saturated carbocycles. The molecule has 2 saturated heterocycles. The van der Waals surface area contributed by atoms with Crippen LogP contribution in [0, 0.1) is 11.8 Å². The zero-order valence-corrected chi connectivity index (χ0v) is 15.4. The average Bonchev–Trinajstić information content (AvgIpc) is 3.37. The highest BCUT2D eigenvalue weighted by molar-refractivity contribution is 8.01. The molecule has 0 aromatic carbocycles. The summed E-state index contributed by atoms with van der Waals surface area (Å²) in [5.74, 6) is -1.64. The van der Waals surface area contributed by atoms with Gasteiger partial charge < -0.3 is 9.47 Å². The quantitative estimate of drug-likeness (QED) is 0.425. The third kappa shape index (κ3) is 2.13. The number of amides is 2. The van der Waals surface area contributed by atoms with Crippen molar-refractivity contribution in [3.8, 4) is 0 Å². The van der Waals surface area contributed by atoms with E-state index < -0.39 is 17.2 Å². The van der Waals surface area contributed by atoms with E-state index in [1.807, 2.05) is 12.2 Å². The van der Waals surface area contributed by atoms with E-state index >= 15 is 0 Å². The first-order valence-corrected chi connectivity index (χ1v) is 10.3. The second kappa shape index (κ2) is 5.96. The fraction of sp³-hybridized carbons (Fsp3) is 0.632. The van der Waals surface area contributed by atoms with E-state index in [0.717, 1.165) is 31.3 Å². The molecule has 26 heavy (non-hydrogen) atoms. The van der Waals surface area contributed by atoms with Crippen molar-refractivity contribution < 1.29 is 23.9 Å². The highest BCUT2D eigenvalue weighted by atomic mass is 32.2. The fourth-order valence-corrected chi connectivity index (χ4v) is 6.75. The molecular weight excluding hydrogens is 354 g/mol. The van der Waals surface area contributed by atoms with Gasteiger partial charge in [-0.3, -0.25) is 14.5 Å². The Kier molecular flexibility index (Phi) is 3.79. The summed E-state index contributed by atoms with van der Waals surface area (Å²) in [6, 6.07) is 0. The van der Waals surface area contributed by atoms with Gasteiger partial charge in [-0.2, -0.15) is 0 Å². The minimum atomic E-state index is -0.544. The lowest BCUT2D eigenvalue weighted by atomic mass is 9.85. The third-order valence-corrected chi connectivity index (χ3v) is 7.66. The standard InChI is InChI=1S/C19H21NO5S/c1-2-24-19(23)13-9-5-3-4-6-12(9)26-18(13)20-16(21)14-10-7-8-11(25-10)15(14)17(20)22/h7-8,10-12,14-15,18H,2-6H2,1H3. The average molecular weight is 375 g/mol. The number of nitrogens with zero attached hydrogens (tertiary/aromatic N) is 1. The molecule has 6 atom stereocenters. The van der Waals surface area contributed by atoms with Crippen molar-refractivity contribution in [1.82, 2.24) is 4.90 Å². The Morgan fingerprint density at radius 2 is 1.92 bits per heavy atom. The Bertz CT molecular complexity index is 729. The molecule has 5 rings (SSSR count). The van der Waals surface area contributed by atoms with Crippen LogP contribution in [0.25, 0.3) is 0 Å². The predicted molar refractivity (Wildman–Crippen MR) is 93.9 cm³/mol. The Balaban J connectivity index is 1.51. The van der Waals surface area contributed by atoms with Gasteiger partial charge in [0.15, 0.2) is 0 Å². The lowest BCUT2D eigenvalue weighted by Crippen LogP contribution is -2.42.